The molecule has 1 aliphatic rings. The van der Waals surface area contributed by atoms with Crippen LogP contribution in [0.5, 0.6) is 0 Å². The molecule has 0 radical (unpaired) electrons. The summed E-state index contributed by atoms with van der Waals surface area (Å²) in [6, 6.07) is 0.00551. The van der Waals surface area contributed by atoms with Crippen molar-refractivity contribution in [2.75, 3.05) is 5.73 Å². The summed E-state index contributed by atoms with van der Waals surface area (Å²) in [6.07, 6.45) is 8.17. The van der Waals surface area contributed by atoms with Gasteiger partial charge in [0.15, 0.2) is 5.65 Å². The molecule has 1 saturated carbocycles. The lowest BCUT2D eigenvalue weighted by atomic mass is 10.2. The molecule has 0 aromatic carbocycles. The molecule has 0 spiro atoms. The molecule has 7 nitrogen and oxygen atoms in total. The van der Waals surface area contributed by atoms with Crippen molar-refractivity contribution in [2.45, 2.75) is 53.1 Å². The van der Waals surface area contributed by atoms with Crippen LogP contribution in [0.25, 0.3) is 11.0 Å². The van der Waals surface area contributed by atoms with Crippen molar-refractivity contribution in [3.63, 3.8) is 0 Å². The third-order valence-electron chi connectivity index (χ3n) is 4.31. The van der Waals surface area contributed by atoms with Crippen LogP contribution in [-0.2, 0) is 6.54 Å². The summed E-state index contributed by atoms with van der Waals surface area (Å²) in [7, 11) is 0. The predicted octanol–water partition coefficient (Wildman–Crippen LogP) is 3.07. The highest BCUT2D eigenvalue weighted by Crippen LogP contribution is 2.31. The number of fused-ring (bicyclic) bond motifs is 1. The van der Waals surface area contributed by atoms with E-state index in [-0.39, 0.29) is 19.5 Å². The van der Waals surface area contributed by atoms with Gasteiger partial charge < -0.3 is 10.3 Å². The summed E-state index contributed by atoms with van der Waals surface area (Å²) in [4.78, 5) is 12.9. The molecule has 1 fully saturated rings. The van der Waals surface area contributed by atoms with E-state index >= 15 is 0 Å². The first-order chi connectivity index (χ1) is 11.6. The van der Waals surface area contributed by atoms with Gasteiger partial charge in [-0.15, -0.1) is 0 Å². The van der Waals surface area contributed by atoms with Gasteiger partial charge in [0, 0.05) is 12.7 Å². The van der Waals surface area contributed by atoms with Crippen LogP contribution in [0.4, 0.5) is 5.82 Å². The van der Waals surface area contributed by atoms with Crippen LogP contribution in [0.3, 0.4) is 0 Å². The Morgan fingerprint density at radius 3 is 2.64 bits per heavy atom. The molecule has 4 rings (SSSR count). The molecule has 0 saturated heterocycles. The number of anilines is 1. The molecule has 2 N–H and O–H groups in total. The van der Waals surface area contributed by atoms with E-state index in [2.05, 4.69) is 37.7 Å². The number of nitrogens with two attached hydrogens (primary N) is 1. The quantitative estimate of drug-likeness (QED) is 0.771. The van der Waals surface area contributed by atoms with Gasteiger partial charge >= 0.3 is 0 Å². The molecule has 3 heterocycles. The van der Waals surface area contributed by atoms with E-state index in [4.69, 9.17) is 5.73 Å². The summed E-state index contributed by atoms with van der Waals surface area (Å²) >= 11 is 0. The first-order valence-corrected chi connectivity index (χ1v) is 8.60. The van der Waals surface area contributed by atoms with Crippen molar-refractivity contribution in [1.29, 1.82) is 0 Å². The average molecular weight is 362 g/mol. The van der Waals surface area contributed by atoms with Gasteiger partial charge in [-0.2, -0.15) is 18.6 Å². The third-order valence-corrected chi connectivity index (χ3v) is 4.31. The van der Waals surface area contributed by atoms with Gasteiger partial charge in [0.25, 0.3) is 0 Å². The van der Waals surface area contributed by atoms with Gasteiger partial charge in [-0.1, -0.05) is 13.8 Å². The summed E-state index contributed by atoms with van der Waals surface area (Å²) in [5.41, 5.74) is 8.54. The molecule has 0 amide bonds. The lowest BCUT2D eigenvalue weighted by Crippen LogP contribution is -2.10. The molecular formula is C17H27N7S. The Morgan fingerprint density at radius 2 is 1.96 bits per heavy atom. The molecule has 25 heavy (non-hydrogen) atoms. The second kappa shape index (κ2) is 7.86. The molecule has 1 unspecified atom stereocenters. The maximum absolute atomic E-state index is 5.95. The lowest BCUT2D eigenvalue weighted by Gasteiger charge is -2.10. The maximum Gasteiger partial charge on any atom is 0.164 e. The zero-order valence-electron chi connectivity index (χ0n) is 15.3. The van der Waals surface area contributed by atoms with Gasteiger partial charge in [-0.3, -0.25) is 0 Å². The minimum Gasteiger partial charge on any atom is -0.383 e. The predicted molar refractivity (Wildman–Crippen MR) is 105 cm³/mol. The van der Waals surface area contributed by atoms with Crippen LogP contribution in [0, 0.1) is 12.8 Å². The third kappa shape index (κ3) is 3.78. The fourth-order valence-corrected chi connectivity index (χ4v) is 2.86. The highest BCUT2D eigenvalue weighted by atomic mass is 32.1. The van der Waals surface area contributed by atoms with E-state index in [1.165, 1.54) is 19.2 Å². The van der Waals surface area contributed by atoms with Crippen LogP contribution in [0.1, 0.15) is 51.0 Å². The van der Waals surface area contributed by atoms with Crippen LogP contribution in [0.2, 0.25) is 0 Å². The monoisotopic (exact) mass is 361 g/mol. The summed E-state index contributed by atoms with van der Waals surface area (Å²) in [5, 5.41) is 5.42. The van der Waals surface area contributed by atoms with Gasteiger partial charge in [-0.25, -0.2) is 19.6 Å². The first kappa shape index (κ1) is 19.2. The summed E-state index contributed by atoms with van der Waals surface area (Å²) in [6.45, 7) is 9.07. The van der Waals surface area contributed by atoms with Crippen LogP contribution < -0.4 is 5.73 Å². The fourth-order valence-electron chi connectivity index (χ4n) is 2.86. The number of aryl methyl sites for hydroxylation is 1. The second-order valence-electron chi connectivity index (χ2n) is 6.10. The zero-order valence-corrected chi connectivity index (χ0v) is 16.3. The lowest BCUT2D eigenvalue weighted by molar-refractivity contribution is 0.561. The van der Waals surface area contributed by atoms with E-state index in [1.54, 1.807) is 0 Å². The SMILES string of the molecule is CC.Cc1nn(C(C)c2cn(CC3CC3)cn2)c2ncnc(N)c12.S. The molecule has 1 aliphatic carbocycles. The average Bonchev–Trinajstić information content (AvgIpc) is 3.16. The van der Waals surface area contributed by atoms with Crippen LogP contribution in [0.15, 0.2) is 18.9 Å². The minimum absolute atomic E-state index is 0. The van der Waals surface area contributed by atoms with Gasteiger partial charge in [-0.05, 0) is 32.6 Å². The highest BCUT2D eigenvalue weighted by molar-refractivity contribution is 7.59. The Hall–Kier alpha value is -2.09. The summed E-state index contributed by atoms with van der Waals surface area (Å²) in [5.74, 6) is 1.30. The van der Waals surface area contributed by atoms with E-state index in [9.17, 15) is 0 Å². The molecule has 3 aromatic heterocycles. The standard InChI is InChI=1S/C15H19N7.C2H6.H2S/c1-9-13-14(16)17-7-18-15(13)22(20-9)10(2)12-6-21(8-19-12)5-11-3-4-11;1-2;/h6-8,10-11H,3-5H2,1-2H3,(H2,16,17,18);1-2H3;1H2. The Balaban J connectivity index is 0.000000726. The molecule has 8 heteroatoms. The number of aromatic nitrogens is 6. The fraction of sp³-hybridized carbons (Fsp3) is 0.529. The Labute approximate surface area is 155 Å². The van der Waals surface area contributed by atoms with Crippen molar-refractivity contribution in [1.82, 2.24) is 29.3 Å². The Kier molecular flexibility index (Phi) is 6.05. The van der Waals surface area contributed by atoms with E-state index < -0.39 is 0 Å². The van der Waals surface area contributed by atoms with Crippen molar-refractivity contribution in [2.24, 2.45) is 5.92 Å². The molecular weight excluding hydrogens is 334 g/mol. The number of imidazole rings is 1. The molecule has 0 aliphatic heterocycles. The van der Waals surface area contributed by atoms with E-state index in [0.717, 1.165) is 34.9 Å². The Morgan fingerprint density at radius 1 is 1.24 bits per heavy atom. The largest absolute Gasteiger partial charge is 0.383 e. The van der Waals surface area contributed by atoms with Gasteiger partial charge in [0.05, 0.1) is 29.1 Å². The van der Waals surface area contributed by atoms with Gasteiger partial charge in [0.2, 0.25) is 0 Å². The smallest absolute Gasteiger partial charge is 0.164 e. The van der Waals surface area contributed by atoms with Crippen molar-refractivity contribution < 1.29 is 0 Å². The molecule has 0 bridgehead atoms. The molecule has 1 atom stereocenters. The topological polar surface area (TPSA) is 87.4 Å². The number of rotatable bonds is 4. The van der Waals surface area contributed by atoms with Crippen LogP contribution >= 0.6 is 13.5 Å². The van der Waals surface area contributed by atoms with Crippen molar-refractivity contribution in [3.05, 3.63) is 30.2 Å². The zero-order chi connectivity index (χ0) is 17.3. The van der Waals surface area contributed by atoms with Gasteiger partial charge in [0.1, 0.15) is 12.1 Å². The number of hydrogen-bond donors (Lipinski definition) is 1. The Bertz CT molecular complexity index is 835. The normalized spacial score (nSPS) is 14.6. The maximum atomic E-state index is 5.95. The number of hydrogen-bond acceptors (Lipinski definition) is 5. The first-order valence-electron chi connectivity index (χ1n) is 8.60. The highest BCUT2D eigenvalue weighted by Gasteiger charge is 2.23. The van der Waals surface area contributed by atoms with E-state index in [0.29, 0.717) is 5.82 Å². The van der Waals surface area contributed by atoms with Crippen molar-refractivity contribution in [3.8, 4) is 0 Å². The number of nitrogen functional groups attached to an aromatic ring is 1. The minimum atomic E-state index is 0. The van der Waals surface area contributed by atoms with Crippen molar-refractivity contribution >= 4 is 30.3 Å². The van der Waals surface area contributed by atoms with Crippen LogP contribution in [-0.4, -0.2) is 29.3 Å². The van der Waals surface area contributed by atoms with E-state index in [1.807, 2.05) is 31.8 Å². The molecule has 136 valence electrons. The second-order valence-corrected chi connectivity index (χ2v) is 6.10. The number of nitrogens with zero attached hydrogens (tertiary/aromatic N) is 6. The molecule has 3 aromatic rings. The summed E-state index contributed by atoms with van der Waals surface area (Å²) < 4.78 is 4.05.